The van der Waals surface area contributed by atoms with E-state index in [0.717, 1.165) is 0 Å². The van der Waals surface area contributed by atoms with Crippen LogP contribution in [0.3, 0.4) is 0 Å². The number of aliphatic hydroxyl groups is 1. The third kappa shape index (κ3) is 4.62. The van der Waals surface area contributed by atoms with Crippen molar-refractivity contribution in [3.05, 3.63) is 22.8 Å². The fourth-order valence-corrected chi connectivity index (χ4v) is 7.06. The zero-order valence-electron chi connectivity index (χ0n) is 24.2. The number of carbonyl (C=O) groups excluding carboxylic acids is 6. The summed E-state index contributed by atoms with van der Waals surface area (Å²) in [7, 11) is 6.63. The van der Waals surface area contributed by atoms with Gasteiger partial charge in [-0.1, -0.05) is 13.8 Å². The van der Waals surface area contributed by atoms with Crippen molar-refractivity contribution in [1.29, 1.82) is 0 Å². The van der Waals surface area contributed by atoms with E-state index in [9.17, 15) is 39.0 Å². The highest BCUT2D eigenvalue weighted by Gasteiger charge is 2.69. The van der Waals surface area contributed by atoms with E-state index in [1.54, 1.807) is 39.2 Å². The fraction of sp³-hybridized carbons (Fsp3) is 0.586. The zero-order chi connectivity index (χ0) is 30.7. The lowest BCUT2D eigenvalue weighted by Gasteiger charge is -2.52. The average Bonchev–Trinajstić information content (AvgIpc) is 2.86. The van der Waals surface area contributed by atoms with Gasteiger partial charge in [0.05, 0.1) is 17.5 Å². The Bertz CT molecular complexity index is 1340. The summed E-state index contributed by atoms with van der Waals surface area (Å²) in [6.07, 6.45) is 0.807. The van der Waals surface area contributed by atoms with Crippen LogP contribution in [0.25, 0.3) is 0 Å². The maximum Gasteiger partial charge on any atom is 0.235 e. The van der Waals surface area contributed by atoms with Gasteiger partial charge in [0.15, 0.2) is 34.7 Å². The Balaban J connectivity index is 1.86. The molecule has 0 aliphatic heterocycles. The Morgan fingerprint density at radius 1 is 1.15 bits per heavy atom. The molecule has 1 aromatic carbocycles. The number of rotatable bonds is 8. The number of hydrogen-bond acceptors (Lipinski definition) is 10. The molecule has 0 heterocycles. The number of nitrogens with two attached hydrogens (primary N) is 1. The van der Waals surface area contributed by atoms with Crippen LogP contribution in [0.1, 0.15) is 41.8 Å². The summed E-state index contributed by atoms with van der Waals surface area (Å²) in [4.78, 5) is 83.4. The van der Waals surface area contributed by atoms with Crippen molar-refractivity contribution in [3.8, 4) is 5.75 Å². The Morgan fingerprint density at radius 2 is 1.78 bits per heavy atom. The van der Waals surface area contributed by atoms with Gasteiger partial charge in [0.25, 0.3) is 0 Å². The largest absolute Gasteiger partial charge is 0.507 e. The van der Waals surface area contributed by atoms with Crippen molar-refractivity contribution in [1.82, 2.24) is 9.80 Å². The number of ketones is 4. The summed E-state index contributed by atoms with van der Waals surface area (Å²) in [6.45, 7) is 4.31. The van der Waals surface area contributed by atoms with E-state index >= 15 is 0 Å². The van der Waals surface area contributed by atoms with E-state index in [-0.39, 0.29) is 36.6 Å². The van der Waals surface area contributed by atoms with E-state index < -0.39 is 64.4 Å². The smallest absolute Gasteiger partial charge is 0.235 e. The molecule has 0 radical (unpaired) electrons. The van der Waals surface area contributed by atoms with Crippen LogP contribution in [-0.2, 0) is 36.9 Å². The molecule has 4 rings (SSSR count). The number of aromatic hydroxyl groups is 1. The second-order valence-electron chi connectivity index (χ2n) is 12.4. The molecule has 4 N–H and O–H groups in total. The monoisotopic (exact) mass is 570 g/mol. The van der Waals surface area contributed by atoms with Crippen LogP contribution in [0.5, 0.6) is 5.75 Å². The number of anilines is 1. The minimum atomic E-state index is -2.78. The van der Waals surface area contributed by atoms with Gasteiger partial charge in [-0.25, -0.2) is 0 Å². The normalized spacial score (nSPS) is 29.2. The lowest BCUT2D eigenvalue weighted by Crippen LogP contribution is -2.74. The summed E-state index contributed by atoms with van der Waals surface area (Å²) < 4.78 is 0. The van der Waals surface area contributed by atoms with Gasteiger partial charge in [0.1, 0.15) is 5.75 Å². The first-order chi connectivity index (χ1) is 19.1. The summed E-state index contributed by atoms with van der Waals surface area (Å²) in [6, 6.07) is 0.559. The van der Waals surface area contributed by atoms with E-state index in [4.69, 9.17) is 5.73 Å². The maximum absolute atomic E-state index is 14.1. The first-order valence-electron chi connectivity index (χ1n) is 13.7. The van der Waals surface area contributed by atoms with Crippen molar-refractivity contribution < 1.29 is 39.0 Å². The van der Waals surface area contributed by atoms with Gasteiger partial charge >= 0.3 is 0 Å². The zero-order valence-corrected chi connectivity index (χ0v) is 24.2. The Morgan fingerprint density at radius 3 is 2.29 bits per heavy atom. The lowest BCUT2D eigenvalue weighted by atomic mass is 9.52. The Labute approximate surface area is 238 Å². The third-order valence-corrected chi connectivity index (χ3v) is 8.72. The first kappa shape index (κ1) is 30.3. The second kappa shape index (κ2) is 10.6. The van der Waals surface area contributed by atoms with Crippen LogP contribution in [-0.4, -0.2) is 102 Å². The van der Waals surface area contributed by atoms with Gasteiger partial charge in [-0.3, -0.25) is 33.7 Å². The van der Waals surface area contributed by atoms with Gasteiger partial charge in [-0.2, -0.15) is 0 Å². The number of phenols is 1. The number of amides is 2. The number of Topliss-reactive ketones (excluding diaryl/α,β-unsaturated/α-hetero) is 4. The minimum absolute atomic E-state index is 0.0212. The van der Waals surface area contributed by atoms with Gasteiger partial charge in [0.2, 0.25) is 12.3 Å². The van der Waals surface area contributed by atoms with Gasteiger partial charge < -0.3 is 25.7 Å². The number of phenolic OH excluding ortho intramolecular Hbond substituents is 1. The molecule has 2 unspecified atom stereocenters. The Kier molecular flexibility index (Phi) is 7.87. The molecule has 0 saturated heterocycles. The SMILES string of the molecule is CC(C)CN(C=O)Cc1cc(N(C)C)c2c(c1O)C(=O)C1C(=O)[C@]3(O)C(=O)C(C(N)=O)C(=O)[C@@H](N(C)C)[C@@H]3C[C@@H]1C2. The van der Waals surface area contributed by atoms with Crippen LogP contribution in [0.4, 0.5) is 5.69 Å². The number of fused-ring (bicyclic) bond motifs is 3. The predicted molar refractivity (Wildman–Crippen MR) is 147 cm³/mol. The molecular formula is C29H38N4O8. The molecule has 0 bridgehead atoms. The van der Waals surface area contributed by atoms with Crippen LogP contribution in [0, 0.1) is 29.6 Å². The summed E-state index contributed by atoms with van der Waals surface area (Å²) in [5, 5.41) is 23.1. The molecule has 0 spiro atoms. The van der Waals surface area contributed by atoms with E-state index in [2.05, 4.69) is 0 Å². The van der Waals surface area contributed by atoms with E-state index in [0.29, 0.717) is 29.8 Å². The van der Waals surface area contributed by atoms with Crippen LogP contribution in [0.2, 0.25) is 0 Å². The molecule has 2 fully saturated rings. The van der Waals surface area contributed by atoms with Crippen molar-refractivity contribution in [2.75, 3.05) is 39.6 Å². The average molecular weight is 571 g/mol. The van der Waals surface area contributed by atoms with Gasteiger partial charge in [-0.05, 0) is 50.4 Å². The van der Waals surface area contributed by atoms with Crippen molar-refractivity contribution in [2.45, 2.75) is 44.9 Å². The molecule has 3 aliphatic carbocycles. The molecule has 222 valence electrons. The molecule has 12 heteroatoms. The summed E-state index contributed by atoms with van der Waals surface area (Å²) in [5.41, 5.74) is 3.94. The summed E-state index contributed by atoms with van der Waals surface area (Å²) >= 11 is 0. The van der Waals surface area contributed by atoms with Crippen LogP contribution < -0.4 is 10.6 Å². The maximum atomic E-state index is 14.1. The number of benzene rings is 1. The quantitative estimate of drug-likeness (QED) is 0.274. The van der Waals surface area contributed by atoms with E-state index in [1.165, 1.54) is 9.80 Å². The topological polar surface area (TPSA) is 179 Å². The lowest BCUT2D eigenvalue weighted by molar-refractivity contribution is -0.181. The molecule has 0 aromatic heterocycles. The van der Waals surface area contributed by atoms with E-state index in [1.807, 2.05) is 13.8 Å². The molecule has 1 aromatic rings. The van der Waals surface area contributed by atoms with Crippen molar-refractivity contribution in [3.63, 3.8) is 0 Å². The molecule has 3 aliphatic rings. The number of hydrogen-bond donors (Lipinski definition) is 3. The molecule has 12 nitrogen and oxygen atoms in total. The van der Waals surface area contributed by atoms with Gasteiger partial charge in [-0.15, -0.1) is 0 Å². The third-order valence-electron chi connectivity index (χ3n) is 8.72. The highest BCUT2D eigenvalue weighted by molar-refractivity contribution is 6.32. The molecular weight excluding hydrogens is 532 g/mol. The predicted octanol–water partition coefficient (Wildman–Crippen LogP) is -0.453. The number of primary amides is 1. The van der Waals surface area contributed by atoms with Gasteiger partial charge in [0, 0.05) is 44.4 Å². The van der Waals surface area contributed by atoms with Crippen LogP contribution in [0.15, 0.2) is 6.07 Å². The molecule has 6 atom stereocenters. The van der Waals surface area contributed by atoms with Crippen LogP contribution >= 0.6 is 0 Å². The molecule has 41 heavy (non-hydrogen) atoms. The number of nitrogens with zero attached hydrogens (tertiary/aromatic N) is 3. The number of carbonyl (C=O) groups is 6. The van der Waals surface area contributed by atoms with Crippen molar-refractivity contribution >= 4 is 41.1 Å². The fourth-order valence-electron chi connectivity index (χ4n) is 7.06. The highest BCUT2D eigenvalue weighted by Crippen LogP contribution is 2.52. The molecule has 2 saturated carbocycles. The summed E-state index contributed by atoms with van der Waals surface area (Å²) in [5.74, 6) is -10.8. The Hall–Kier alpha value is -3.64. The highest BCUT2D eigenvalue weighted by atomic mass is 16.3. The standard InChI is InChI=1S/C29H38N4O8/c1-13(2)10-33(12-34)11-15-9-18(31(3)4)16-7-14-8-17-22(32(5)6)25(37)21(28(30)40)27(39)29(17,41)26(38)19(14)24(36)20(16)23(15)35/h9,12-14,17,19,21-22,35,41H,7-8,10-11H2,1-6H3,(H2,30,40)/t14-,17-,19?,21?,22-,29-/m0/s1. The molecule has 2 amide bonds. The first-order valence-corrected chi connectivity index (χ1v) is 13.7. The van der Waals surface area contributed by atoms with Crippen molar-refractivity contribution in [2.24, 2.45) is 35.3 Å². The minimum Gasteiger partial charge on any atom is -0.507 e. The number of likely N-dealkylation sites (N-methyl/N-ethyl adjacent to an activating group) is 1. The second-order valence-corrected chi connectivity index (χ2v) is 12.4.